The summed E-state index contributed by atoms with van der Waals surface area (Å²) in [5, 5.41) is 6.24. The van der Waals surface area contributed by atoms with Gasteiger partial charge in [-0.15, -0.1) is 0 Å². The topological polar surface area (TPSA) is 83.1 Å². The van der Waals surface area contributed by atoms with E-state index in [0.717, 1.165) is 26.2 Å². The molecule has 2 saturated heterocycles. The Morgan fingerprint density at radius 3 is 2.58 bits per heavy atom. The molecule has 2 fully saturated rings. The number of methoxy groups -OCH3 is 2. The van der Waals surface area contributed by atoms with Crippen LogP contribution in [0, 0.1) is 0 Å². The quantitative estimate of drug-likeness (QED) is 0.778. The van der Waals surface area contributed by atoms with Crippen LogP contribution in [0.5, 0.6) is 5.75 Å². The number of nitrogens with zero attached hydrogens (tertiary/aromatic N) is 2. The highest BCUT2D eigenvalue weighted by Gasteiger charge is 2.28. The van der Waals surface area contributed by atoms with Crippen molar-refractivity contribution in [2.45, 2.75) is 12.5 Å². The van der Waals surface area contributed by atoms with Crippen LogP contribution in [0.3, 0.4) is 0 Å². The highest BCUT2D eigenvalue weighted by atomic mass is 16.5. The first-order valence-electron chi connectivity index (χ1n) is 8.89. The normalized spacial score (nSPS) is 20.7. The largest absolute Gasteiger partial charge is 0.495 e. The molecule has 0 bridgehead atoms. The van der Waals surface area contributed by atoms with E-state index < -0.39 is 5.97 Å². The number of nitrogens with one attached hydrogen (secondary N) is 2. The minimum absolute atomic E-state index is 0.186. The van der Waals surface area contributed by atoms with Crippen molar-refractivity contribution in [1.29, 1.82) is 0 Å². The van der Waals surface area contributed by atoms with Crippen molar-refractivity contribution in [2.75, 3.05) is 58.8 Å². The number of hydrogen-bond acceptors (Lipinski definition) is 6. The van der Waals surface area contributed by atoms with Gasteiger partial charge in [0.25, 0.3) is 0 Å². The van der Waals surface area contributed by atoms with Crippen molar-refractivity contribution in [3.8, 4) is 5.75 Å². The molecular weight excluding hydrogens is 336 g/mol. The summed E-state index contributed by atoms with van der Waals surface area (Å²) in [6.45, 7) is 5.21. The Morgan fingerprint density at radius 2 is 1.96 bits per heavy atom. The van der Waals surface area contributed by atoms with Crippen molar-refractivity contribution in [2.24, 2.45) is 0 Å². The van der Waals surface area contributed by atoms with E-state index in [4.69, 9.17) is 9.47 Å². The van der Waals surface area contributed by atoms with Gasteiger partial charge in [0.1, 0.15) is 5.75 Å². The summed E-state index contributed by atoms with van der Waals surface area (Å²) in [4.78, 5) is 28.6. The van der Waals surface area contributed by atoms with Gasteiger partial charge >= 0.3 is 12.0 Å². The van der Waals surface area contributed by atoms with E-state index in [0.29, 0.717) is 36.1 Å². The standard InChI is InChI=1S/C18H26N4O4/c1-25-16-4-3-13(17(23)26-2)11-15(16)20-18(24)22-9-7-21(8-10-22)14-5-6-19-12-14/h3-4,11,14,19H,5-10,12H2,1-2H3,(H,20,24). The number of ether oxygens (including phenoxy) is 2. The number of anilines is 1. The third-order valence-electron chi connectivity index (χ3n) is 5.01. The molecule has 1 aromatic rings. The molecule has 142 valence electrons. The first-order chi connectivity index (χ1) is 12.6. The number of amides is 2. The van der Waals surface area contributed by atoms with Crippen LogP contribution in [0.4, 0.5) is 10.5 Å². The summed E-state index contributed by atoms with van der Waals surface area (Å²) in [6, 6.07) is 5.22. The molecule has 2 heterocycles. The summed E-state index contributed by atoms with van der Waals surface area (Å²) < 4.78 is 10.0. The van der Waals surface area contributed by atoms with Crippen molar-refractivity contribution in [1.82, 2.24) is 15.1 Å². The molecule has 2 N–H and O–H groups in total. The molecular formula is C18H26N4O4. The monoisotopic (exact) mass is 362 g/mol. The van der Waals surface area contributed by atoms with Crippen LogP contribution in [-0.4, -0.2) is 81.3 Å². The third-order valence-corrected chi connectivity index (χ3v) is 5.01. The van der Waals surface area contributed by atoms with Crippen LogP contribution in [-0.2, 0) is 4.74 Å². The number of carbonyl (C=O) groups is 2. The van der Waals surface area contributed by atoms with E-state index in [2.05, 4.69) is 15.5 Å². The second kappa shape index (κ2) is 8.37. The van der Waals surface area contributed by atoms with Crippen LogP contribution in [0.1, 0.15) is 16.8 Å². The Kier molecular flexibility index (Phi) is 5.95. The highest BCUT2D eigenvalue weighted by Crippen LogP contribution is 2.26. The van der Waals surface area contributed by atoms with E-state index >= 15 is 0 Å². The molecule has 8 nitrogen and oxygen atoms in total. The van der Waals surface area contributed by atoms with Crippen LogP contribution in [0.2, 0.25) is 0 Å². The summed E-state index contributed by atoms with van der Waals surface area (Å²) in [5.41, 5.74) is 0.824. The molecule has 2 aliphatic rings. The molecule has 0 aromatic heterocycles. The molecule has 1 unspecified atom stereocenters. The lowest BCUT2D eigenvalue weighted by molar-refractivity contribution is 0.0600. The Morgan fingerprint density at radius 1 is 1.19 bits per heavy atom. The SMILES string of the molecule is COC(=O)c1ccc(OC)c(NC(=O)N2CCN(C3CCNC3)CC2)c1. The fourth-order valence-corrected chi connectivity index (χ4v) is 3.49. The second-order valence-corrected chi connectivity index (χ2v) is 6.51. The average molecular weight is 362 g/mol. The van der Waals surface area contributed by atoms with E-state index in [-0.39, 0.29) is 6.03 Å². The van der Waals surface area contributed by atoms with Crippen molar-refractivity contribution in [3.63, 3.8) is 0 Å². The van der Waals surface area contributed by atoms with E-state index in [9.17, 15) is 9.59 Å². The average Bonchev–Trinajstić information content (AvgIpc) is 3.22. The Balaban J connectivity index is 1.61. The first-order valence-corrected chi connectivity index (χ1v) is 8.89. The molecule has 0 saturated carbocycles. The number of rotatable bonds is 4. The fourth-order valence-electron chi connectivity index (χ4n) is 3.49. The third kappa shape index (κ3) is 4.08. The minimum Gasteiger partial charge on any atom is -0.495 e. The van der Waals surface area contributed by atoms with Gasteiger partial charge in [-0.2, -0.15) is 0 Å². The molecule has 1 aromatic carbocycles. The number of urea groups is 1. The fraction of sp³-hybridized carbons (Fsp3) is 0.556. The number of esters is 1. The Hall–Kier alpha value is -2.32. The van der Waals surface area contributed by atoms with E-state index in [1.807, 2.05) is 0 Å². The van der Waals surface area contributed by atoms with Gasteiger partial charge in [-0.05, 0) is 31.2 Å². The molecule has 0 radical (unpaired) electrons. The van der Waals surface area contributed by atoms with Crippen LogP contribution >= 0.6 is 0 Å². The van der Waals surface area contributed by atoms with Crippen molar-refractivity contribution in [3.05, 3.63) is 23.8 Å². The molecule has 2 aliphatic heterocycles. The predicted octanol–water partition coefficient (Wildman–Crippen LogP) is 0.993. The number of hydrogen-bond donors (Lipinski definition) is 2. The zero-order valence-electron chi connectivity index (χ0n) is 15.3. The number of piperazine rings is 1. The van der Waals surface area contributed by atoms with Gasteiger partial charge in [-0.1, -0.05) is 0 Å². The van der Waals surface area contributed by atoms with Gasteiger partial charge in [0, 0.05) is 38.8 Å². The Bertz CT molecular complexity index is 653. The molecule has 26 heavy (non-hydrogen) atoms. The highest BCUT2D eigenvalue weighted by molar-refractivity contribution is 5.95. The number of benzene rings is 1. The molecule has 0 spiro atoms. The summed E-state index contributed by atoms with van der Waals surface area (Å²) in [5.74, 6) is 0.0450. The van der Waals surface area contributed by atoms with E-state index in [1.54, 1.807) is 23.1 Å². The smallest absolute Gasteiger partial charge is 0.337 e. The van der Waals surface area contributed by atoms with Gasteiger partial charge < -0.3 is 25.0 Å². The van der Waals surface area contributed by atoms with Crippen LogP contribution < -0.4 is 15.4 Å². The number of carbonyl (C=O) groups excluding carboxylic acids is 2. The lowest BCUT2D eigenvalue weighted by Gasteiger charge is -2.37. The minimum atomic E-state index is -0.457. The van der Waals surface area contributed by atoms with Gasteiger partial charge in [0.2, 0.25) is 0 Å². The van der Waals surface area contributed by atoms with Crippen molar-refractivity contribution >= 4 is 17.7 Å². The van der Waals surface area contributed by atoms with Crippen LogP contribution in [0.15, 0.2) is 18.2 Å². The second-order valence-electron chi connectivity index (χ2n) is 6.51. The van der Waals surface area contributed by atoms with Crippen molar-refractivity contribution < 1.29 is 19.1 Å². The lowest BCUT2D eigenvalue weighted by atomic mass is 10.2. The van der Waals surface area contributed by atoms with Gasteiger partial charge in [0.05, 0.1) is 25.5 Å². The molecule has 8 heteroatoms. The molecule has 1 atom stereocenters. The van der Waals surface area contributed by atoms with Gasteiger partial charge in [0.15, 0.2) is 0 Å². The van der Waals surface area contributed by atoms with Gasteiger partial charge in [-0.3, -0.25) is 4.90 Å². The Labute approximate surface area is 153 Å². The summed E-state index contributed by atoms with van der Waals surface area (Å²) >= 11 is 0. The van der Waals surface area contributed by atoms with Crippen LogP contribution in [0.25, 0.3) is 0 Å². The summed E-state index contributed by atoms with van der Waals surface area (Å²) in [6.07, 6.45) is 1.17. The van der Waals surface area contributed by atoms with E-state index in [1.165, 1.54) is 20.6 Å². The maximum Gasteiger partial charge on any atom is 0.337 e. The van der Waals surface area contributed by atoms with Gasteiger partial charge in [-0.25, -0.2) is 9.59 Å². The first kappa shape index (κ1) is 18.5. The maximum absolute atomic E-state index is 12.6. The zero-order chi connectivity index (χ0) is 18.5. The predicted molar refractivity (Wildman–Crippen MR) is 97.8 cm³/mol. The lowest BCUT2D eigenvalue weighted by Crippen LogP contribution is -2.53. The molecule has 2 amide bonds. The molecule has 3 rings (SSSR count). The summed E-state index contributed by atoms with van der Waals surface area (Å²) in [7, 11) is 2.85. The zero-order valence-corrected chi connectivity index (χ0v) is 15.3. The maximum atomic E-state index is 12.6. The molecule has 0 aliphatic carbocycles.